The molecule has 1 heterocycles. The van der Waals surface area contributed by atoms with Gasteiger partial charge in [-0.1, -0.05) is 6.07 Å². The predicted octanol–water partition coefficient (Wildman–Crippen LogP) is 0.988. The smallest absolute Gasteiger partial charge is 0.217 e. The molecule has 2 nitrogen and oxygen atoms in total. The SMILES string of the molecule is Cc1ccc(CN)c(F)n1. The third-order valence-corrected chi connectivity index (χ3v) is 1.29. The van der Waals surface area contributed by atoms with E-state index < -0.39 is 5.95 Å². The van der Waals surface area contributed by atoms with Crippen LogP contribution >= 0.6 is 0 Å². The second-order valence-electron chi connectivity index (χ2n) is 2.11. The molecule has 10 heavy (non-hydrogen) atoms. The quantitative estimate of drug-likeness (QED) is 0.591. The normalized spacial score (nSPS) is 9.90. The molecule has 0 bridgehead atoms. The van der Waals surface area contributed by atoms with Crippen molar-refractivity contribution in [1.82, 2.24) is 4.98 Å². The number of nitrogens with two attached hydrogens (primary N) is 1. The molecular weight excluding hydrogens is 131 g/mol. The summed E-state index contributed by atoms with van der Waals surface area (Å²) in [5.74, 6) is -0.456. The van der Waals surface area contributed by atoms with Gasteiger partial charge in [0.05, 0.1) is 0 Å². The molecule has 0 spiro atoms. The second kappa shape index (κ2) is 2.75. The van der Waals surface area contributed by atoms with Crippen LogP contribution in [0.15, 0.2) is 12.1 Å². The molecule has 54 valence electrons. The molecule has 0 fully saturated rings. The van der Waals surface area contributed by atoms with Crippen molar-refractivity contribution in [3.05, 3.63) is 29.3 Å². The van der Waals surface area contributed by atoms with Crippen molar-refractivity contribution < 1.29 is 4.39 Å². The van der Waals surface area contributed by atoms with Crippen LogP contribution in [0.2, 0.25) is 0 Å². The van der Waals surface area contributed by atoms with Gasteiger partial charge in [0, 0.05) is 17.8 Å². The first-order valence-electron chi connectivity index (χ1n) is 3.06. The summed E-state index contributed by atoms with van der Waals surface area (Å²) in [7, 11) is 0. The number of halogens is 1. The van der Waals surface area contributed by atoms with Crippen LogP contribution in [0.1, 0.15) is 11.3 Å². The van der Waals surface area contributed by atoms with E-state index in [1.165, 1.54) is 0 Å². The molecule has 0 saturated carbocycles. The summed E-state index contributed by atoms with van der Waals surface area (Å²) >= 11 is 0. The van der Waals surface area contributed by atoms with Gasteiger partial charge in [0.15, 0.2) is 0 Å². The van der Waals surface area contributed by atoms with Gasteiger partial charge < -0.3 is 5.73 Å². The molecule has 1 aromatic rings. The number of aryl methyl sites for hydroxylation is 1. The lowest BCUT2D eigenvalue weighted by molar-refractivity contribution is 0.563. The number of aromatic nitrogens is 1. The molecule has 1 rings (SSSR count). The van der Waals surface area contributed by atoms with Crippen LogP contribution < -0.4 is 5.73 Å². The highest BCUT2D eigenvalue weighted by atomic mass is 19.1. The van der Waals surface area contributed by atoms with E-state index >= 15 is 0 Å². The number of nitrogens with zero attached hydrogens (tertiary/aromatic N) is 1. The van der Waals surface area contributed by atoms with E-state index in [1.54, 1.807) is 19.1 Å². The van der Waals surface area contributed by atoms with E-state index in [9.17, 15) is 4.39 Å². The second-order valence-corrected chi connectivity index (χ2v) is 2.11. The number of rotatable bonds is 1. The zero-order valence-electron chi connectivity index (χ0n) is 5.76. The highest BCUT2D eigenvalue weighted by molar-refractivity contribution is 5.14. The van der Waals surface area contributed by atoms with Gasteiger partial charge in [0.2, 0.25) is 5.95 Å². The van der Waals surface area contributed by atoms with E-state index in [2.05, 4.69) is 4.98 Å². The fourth-order valence-corrected chi connectivity index (χ4v) is 0.706. The monoisotopic (exact) mass is 140 g/mol. The van der Waals surface area contributed by atoms with Crippen LogP contribution in [0.3, 0.4) is 0 Å². The summed E-state index contributed by atoms with van der Waals surface area (Å²) in [5, 5.41) is 0. The third kappa shape index (κ3) is 1.30. The Morgan fingerprint density at radius 1 is 1.60 bits per heavy atom. The molecule has 0 unspecified atom stereocenters. The van der Waals surface area contributed by atoms with Crippen LogP contribution in [-0.2, 0) is 6.54 Å². The van der Waals surface area contributed by atoms with Crippen molar-refractivity contribution in [2.45, 2.75) is 13.5 Å². The summed E-state index contributed by atoms with van der Waals surface area (Å²) in [6, 6.07) is 3.39. The molecule has 0 amide bonds. The van der Waals surface area contributed by atoms with Gasteiger partial charge >= 0.3 is 0 Å². The molecule has 0 aromatic carbocycles. The molecule has 3 heteroatoms. The minimum absolute atomic E-state index is 0.207. The lowest BCUT2D eigenvalue weighted by Crippen LogP contribution is -2.01. The van der Waals surface area contributed by atoms with Crippen LogP contribution in [0.25, 0.3) is 0 Å². The Morgan fingerprint density at radius 2 is 2.30 bits per heavy atom. The highest BCUT2D eigenvalue weighted by Gasteiger charge is 1.99. The number of pyridine rings is 1. The van der Waals surface area contributed by atoms with Crippen LogP contribution in [0.5, 0.6) is 0 Å². The van der Waals surface area contributed by atoms with Gasteiger partial charge in [0.25, 0.3) is 0 Å². The molecule has 0 aliphatic heterocycles. The van der Waals surface area contributed by atoms with Crippen molar-refractivity contribution in [2.24, 2.45) is 5.73 Å². The Balaban J connectivity index is 3.07. The lowest BCUT2D eigenvalue weighted by atomic mass is 10.2. The number of hydrogen-bond donors (Lipinski definition) is 1. The van der Waals surface area contributed by atoms with E-state index in [4.69, 9.17) is 5.73 Å². The highest BCUT2D eigenvalue weighted by Crippen LogP contribution is 2.03. The molecule has 0 radical (unpaired) electrons. The average molecular weight is 140 g/mol. The Kier molecular flexibility index (Phi) is 1.97. The fraction of sp³-hybridized carbons (Fsp3) is 0.286. The Hall–Kier alpha value is -0.960. The first-order valence-corrected chi connectivity index (χ1v) is 3.06. The Bertz CT molecular complexity index is 235. The van der Waals surface area contributed by atoms with Gasteiger partial charge in [-0.3, -0.25) is 0 Å². The van der Waals surface area contributed by atoms with Crippen LogP contribution in [0.4, 0.5) is 4.39 Å². The van der Waals surface area contributed by atoms with Crippen molar-refractivity contribution in [3.63, 3.8) is 0 Å². The Labute approximate surface area is 58.9 Å². The van der Waals surface area contributed by atoms with E-state index in [1.807, 2.05) is 0 Å². The maximum Gasteiger partial charge on any atom is 0.217 e. The standard InChI is InChI=1S/C7H9FN2/c1-5-2-3-6(4-9)7(8)10-5/h2-3H,4,9H2,1H3. The Morgan fingerprint density at radius 3 is 2.80 bits per heavy atom. The van der Waals surface area contributed by atoms with Crippen molar-refractivity contribution >= 4 is 0 Å². The van der Waals surface area contributed by atoms with Crippen molar-refractivity contribution in [3.8, 4) is 0 Å². The van der Waals surface area contributed by atoms with Crippen molar-refractivity contribution in [2.75, 3.05) is 0 Å². The molecule has 0 saturated heterocycles. The van der Waals surface area contributed by atoms with Gasteiger partial charge in [-0.2, -0.15) is 4.39 Å². The maximum atomic E-state index is 12.7. The minimum atomic E-state index is -0.456. The summed E-state index contributed by atoms with van der Waals surface area (Å²) in [6.07, 6.45) is 0. The number of hydrogen-bond acceptors (Lipinski definition) is 2. The summed E-state index contributed by atoms with van der Waals surface area (Å²) in [4.78, 5) is 3.60. The zero-order chi connectivity index (χ0) is 7.56. The molecule has 1 aromatic heterocycles. The molecule has 0 aliphatic carbocycles. The minimum Gasteiger partial charge on any atom is -0.326 e. The van der Waals surface area contributed by atoms with Crippen molar-refractivity contribution in [1.29, 1.82) is 0 Å². The summed E-state index contributed by atoms with van der Waals surface area (Å²) in [6.45, 7) is 1.95. The van der Waals surface area contributed by atoms with Crippen LogP contribution in [0, 0.1) is 12.9 Å². The predicted molar refractivity (Wildman–Crippen MR) is 36.8 cm³/mol. The topological polar surface area (TPSA) is 38.9 Å². The van der Waals surface area contributed by atoms with E-state index in [-0.39, 0.29) is 6.54 Å². The molecular formula is C7H9FN2. The van der Waals surface area contributed by atoms with E-state index in [0.29, 0.717) is 11.3 Å². The molecule has 0 aliphatic rings. The van der Waals surface area contributed by atoms with Crippen LogP contribution in [-0.4, -0.2) is 4.98 Å². The van der Waals surface area contributed by atoms with Gasteiger partial charge in [-0.15, -0.1) is 0 Å². The van der Waals surface area contributed by atoms with Gasteiger partial charge in [0.1, 0.15) is 0 Å². The fourth-order valence-electron chi connectivity index (χ4n) is 0.706. The third-order valence-electron chi connectivity index (χ3n) is 1.29. The average Bonchev–Trinajstić information content (AvgIpc) is 1.88. The van der Waals surface area contributed by atoms with Gasteiger partial charge in [-0.05, 0) is 13.0 Å². The molecule has 2 N–H and O–H groups in total. The van der Waals surface area contributed by atoms with Gasteiger partial charge in [-0.25, -0.2) is 4.98 Å². The lowest BCUT2D eigenvalue weighted by Gasteiger charge is -1.97. The summed E-state index contributed by atoms with van der Waals surface area (Å²) < 4.78 is 12.7. The zero-order valence-corrected chi connectivity index (χ0v) is 5.76. The first-order chi connectivity index (χ1) is 4.74. The summed E-state index contributed by atoms with van der Waals surface area (Å²) in [5.41, 5.74) is 6.36. The largest absolute Gasteiger partial charge is 0.326 e. The first kappa shape index (κ1) is 7.15. The molecule has 0 atom stereocenters. The van der Waals surface area contributed by atoms with E-state index in [0.717, 1.165) is 0 Å². The maximum absolute atomic E-state index is 12.7.